The molecular formula is C28H25ClF4N4O. The fraction of sp³-hybridized carbons (Fsp3) is 0.250. The highest BCUT2D eigenvalue weighted by Gasteiger charge is 2.31. The van der Waals surface area contributed by atoms with Crippen LogP contribution < -0.4 is 4.90 Å². The summed E-state index contributed by atoms with van der Waals surface area (Å²) in [5, 5.41) is 10.5. The molecule has 0 N–H and O–H groups in total. The van der Waals surface area contributed by atoms with Gasteiger partial charge in [-0.25, -0.2) is 4.39 Å². The summed E-state index contributed by atoms with van der Waals surface area (Å²) in [7, 11) is 0. The first kappa shape index (κ1) is 27.3. The smallest absolute Gasteiger partial charge is 0.351 e. The zero-order valence-electron chi connectivity index (χ0n) is 20.5. The van der Waals surface area contributed by atoms with Gasteiger partial charge in [-0.3, -0.25) is 4.79 Å². The van der Waals surface area contributed by atoms with Crippen molar-refractivity contribution in [3.63, 3.8) is 0 Å². The summed E-state index contributed by atoms with van der Waals surface area (Å²) >= 11 is 0. The number of fused-ring (bicyclic) bond motifs is 1. The molecule has 1 atom stereocenters. The monoisotopic (exact) mass is 544 g/mol. The number of amides is 1. The van der Waals surface area contributed by atoms with E-state index in [-0.39, 0.29) is 36.6 Å². The molecule has 2 heterocycles. The summed E-state index contributed by atoms with van der Waals surface area (Å²) in [4.78, 5) is 16.8. The maximum Gasteiger partial charge on any atom is 0.416 e. The topological polar surface area (TPSA) is 49.3 Å². The number of halogens is 5. The number of piperazine rings is 1. The number of benzene rings is 3. The van der Waals surface area contributed by atoms with Crippen LogP contribution in [-0.2, 0) is 17.4 Å². The highest BCUT2D eigenvalue weighted by atomic mass is 35.5. The van der Waals surface area contributed by atoms with E-state index < -0.39 is 11.7 Å². The molecule has 10 heteroatoms. The van der Waals surface area contributed by atoms with Crippen molar-refractivity contribution in [2.24, 2.45) is 0 Å². The van der Waals surface area contributed by atoms with Crippen LogP contribution in [0.1, 0.15) is 18.1 Å². The standard InChI is InChI=1S/C28H24F4N4O.ClH/c1-18-17-35(14-15-36(18)25(37)16-19-6-12-22(29)13-7-19)27-24-5-3-2-4-23(24)26(33-34-27)20-8-10-21(11-9-20)28(30,31)32;/h2-13,18H,14-17H2,1H3;1H/t18-;/m0./s1. The molecular weight excluding hydrogens is 520 g/mol. The number of aromatic nitrogens is 2. The van der Waals surface area contributed by atoms with Crippen molar-refractivity contribution in [3.05, 3.63) is 89.7 Å². The molecule has 1 aliphatic rings. The highest BCUT2D eigenvalue weighted by Crippen LogP contribution is 2.34. The quantitative estimate of drug-likeness (QED) is 0.289. The van der Waals surface area contributed by atoms with Crippen LogP contribution in [-0.4, -0.2) is 46.7 Å². The molecule has 3 aromatic carbocycles. The van der Waals surface area contributed by atoms with Crippen molar-refractivity contribution in [3.8, 4) is 11.3 Å². The van der Waals surface area contributed by atoms with Crippen molar-refractivity contribution in [1.82, 2.24) is 15.1 Å². The molecule has 1 saturated heterocycles. The molecule has 4 aromatic rings. The number of anilines is 1. The third kappa shape index (κ3) is 5.57. The van der Waals surface area contributed by atoms with E-state index in [1.54, 1.807) is 12.1 Å². The molecule has 5 rings (SSSR count). The molecule has 0 saturated carbocycles. The number of carbonyl (C=O) groups is 1. The van der Waals surface area contributed by atoms with Gasteiger partial charge in [0, 0.05) is 42.0 Å². The lowest BCUT2D eigenvalue weighted by molar-refractivity contribution is -0.137. The lowest BCUT2D eigenvalue weighted by Gasteiger charge is -2.40. The lowest BCUT2D eigenvalue weighted by atomic mass is 10.0. The minimum absolute atomic E-state index is 0. The summed E-state index contributed by atoms with van der Waals surface area (Å²) in [5.74, 6) is 0.312. The molecule has 38 heavy (non-hydrogen) atoms. The van der Waals surface area contributed by atoms with Crippen molar-refractivity contribution >= 4 is 34.9 Å². The van der Waals surface area contributed by atoms with Crippen LogP contribution in [0, 0.1) is 5.82 Å². The van der Waals surface area contributed by atoms with Crippen LogP contribution in [0.15, 0.2) is 72.8 Å². The van der Waals surface area contributed by atoms with Gasteiger partial charge in [0.25, 0.3) is 0 Å². The van der Waals surface area contributed by atoms with Crippen LogP contribution in [0.2, 0.25) is 0 Å². The van der Waals surface area contributed by atoms with Crippen molar-refractivity contribution in [2.45, 2.75) is 25.6 Å². The van der Waals surface area contributed by atoms with Crippen LogP contribution in [0.25, 0.3) is 22.0 Å². The number of hydrogen-bond donors (Lipinski definition) is 0. The molecule has 198 valence electrons. The fourth-order valence-corrected chi connectivity index (χ4v) is 4.75. The van der Waals surface area contributed by atoms with Gasteiger partial charge in [0.2, 0.25) is 5.91 Å². The molecule has 1 aromatic heterocycles. The minimum atomic E-state index is -4.41. The van der Waals surface area contributed by atoms with Gasteiger partial charge in [-0.15, -0.1) is 22.6 Å². The Bertz CT molecular complexity index is 1430. The Morgan fingerprint density at radius 2 is 1.58 bits per heavy atom. The van der Waals surface area contributed by atoms with Crippen molar-refractivity contribution in [1.29, 1.82) is 0 Å². The second-order valence-corrected chi connectivity index (χ2v) is 9.18. The van der Waals surface area contributed by atoms with E-state index in [1.807, 2.05) is 36.1 Å². The molecule has 0 unspecified atom stereocenters. The minimum Gasteiger partial charge on any atom is -0.351 e. The number of rotatable bonds is 4. The van der Waals surface area contributed by atoms with Crippen LogP contribution in [0.5, 0.6) is 0 Å². The largest absolute Gasteiger partial charge is 0.416 e. The van der Waals surface area contributed by atoms with Gasteiger partial charge in [0.1, 0.15) is 11.5 Å². The third-order valence-corrected chi connectivity index (χ3v) is 6.67. The van der Waals surface area contributed by atoms with E-state index in [4.69, 9.17) is 0 Å². The Labute approximate surface area is 223 Å². The van der Waals surface area contributed by atoms with Crippen molar-refractivity contribution < 1.29 is 22.4 Å². The Hall–Kier alpha value is -3.72. The molecule has 5 nitrogen and oxygen atoms in total. The number of alkyl halides is 3. The van der Waals surface area contributed by atoms with Crippen LogP contribution >= 0.6 is 12.4 Å². The van der Waals surface area contributed by atoms with E-state index in [2.05, 4.69) is 15.1 Å². The first-order valence-corrected chi connectivity index (χ1v) is 11.9. The lowest BCUT2D eigenvalue weighted by Crippen LogP contribution is -2.54. The van der Waals surface area contributed by atoms with Gasteiger partial charge in [0.05, 0.1) is 12.0 Å². The van der Waals surface area contributed by atoms with Gasteiger partial charge in [-0.1, -0.05) is 48.5 Å². The number of hydrogen-bond acceptors (Lipinski definition) is 4. The van der Waals surface area contributed by atoms with Crippen LogP contribution in [0.4, 0.5) is 23.4 Å². The summed E-state index contributed by atoms with van der Waals surface area (Å²) in [6, 6.07) is 18.3. The first-order valence-electron chi connectivity index (χ1n) is 11.9. The van der Waals surface area contributed by atoms with E-state index in [0.717, 1.165) is 28.5 Å². The zero-order chi connectivity index (χ0) is 26.2. The predicted molar refractivity (Wildman–Crippen MR) is 141 cm³/mol. The Morgan fingerprint density at radius 1 is 0.921 bits per heavy atom. The Morgan fingerprint density at radius 3 is 2.21 bits per heavy atom. The summed E-state index contributed by atoms with van der Waals surface area (Å²) < 4.78 is 52.2. The normalized spacial score (nSPS) is 15.9. The fourth-order valence-electron chi connectivity index (χ4n) is 4.75. The Balaban J connectivity index is 0.00000336. The van der Waals surface area contributed by atoms with E-state index >= 15 is 0 Å². The zero-order valence-corrected chi connectivity index (χ0v) is 21.3. The average molecular weight is 545 g/mol. The SMILES string of the molecule is C[C@H]1CN(c2nnc(-c3ccc(C(F)(F)F)cc3)c3ccccc23)CCN1C(=O)Cc1ccc(F)cc1.Cl. The first-order chi connectivity index (χ1) is 17.7. The highest BCUT2D eigenvalue weighted by molar-refractivity contribution is 6.00. The van der Waals surface area contributed by atoms with Crippen LogP contribution in [0.3, 0.4) is 0 Å². The van der Waals surface area contributed by atoms with Gasteiger partial charge >= 0.3 is 6.18 Å². The molecule has 0 aliphatic carbocycles. The molecule has 0 radical (unpaired) electrons. The Kier molecular flexibility index (Phi) is 7.87. The number of carbonyl (C=O) groups excluding carboxylic acids is 1. The van der Waals surface area contributed by atoms with Gasteiger partial charge < -0.3 is 9.80 Å². The van der Waals surface area contributed by atoms with E-state index in [1.165, 1.54) is 24.3 Å². The summed E-state index contributed by atoms with van der Waals surface area (Å²) in [6.45, 7) is 3.57. The average Bonchev–Trinajstić information content (AvgIpc) is 2.89. The molecule has 0 bridgehead atoms. The molecule has 0 spiro atoms. The van der Waals surface area contributed by atoms with E-state index in [9.17, 15) is 22.4 Å². The van der Waals surface area contributed by atoms with Gasteiger partial charge in [-0.05, 0) is 36.8 Å². The third-order valence-electron chi connectivity index (χ3n) is 6.67. The molecule has 1 fully saturated rings. The van der Waals surface area contributed by atoms with Crippen molar-refractivity contribution in [2.75, 3.05) is 24.5 Å². The summed E-state index contributed by atoms with van der Waals surface area (Å²) in [5.41, 5.74) is 1.10. The maximum atomic E-state index is 13.2. The van der Waals surface area contributed by atoms with E-state index in [0.29, 0.717) is 36.7 Å². The second kappa shape index (κ2) is 10.9. The maximum absolute atomic E-state index is 13.2. The molecule has 1 amide bonds. The predicted octanol–water partition coefficient (Wildman–Crippen LogP) is 6.16. The summed E-state index contributed by atoms with van der Waals surface area (Å²) in [6.07, 6.45) is -4.20. The second-order valence-electron chi connectivity index (χ2n) is 9.18. The molecule has 1 aliphatic heterocycles. The van der Waals surface area contributed by atoms with Gasteiger partial charge in [0.15, 0.2) is 5.82 Å². The van der Waals surface area contributed by atoms with Gasteiger partial charge in [-0.2, -0.15) is 13.2 Å². The number of nitrogens with zero attached hydrogens (tertiary/aromatic N) is 4.